The number of carbonyl (C=O) groups excluding carboxylic acids is 2. The molecule has 4 rings (SSSR count). The number of nitro benzene ring substituents is 2. The molecular formula is C24H29F3N6O6. The van der Waals surface area contributed by atoms with Crippen molar-refractivity contribution in [3.63, 3.8) is 0 Å². The van der Waals surface area contributed by atoms with Crippen LogP contribution in [0.5, 0.6) is 0 Å². The van der Waals surface area contributed by atoms with Gasteiger partial charge in [0.2, 0.25) is 17.6 Å². The van der Waals surface area contributed by atoms with Crippen LogP contribution in [0.1, 0.15) is 13.8 Å². The van der Waals surface area contributed by atoms with Crippen molar-refractivity contribution in [1.82, 2.24) is 15.1 Å². The standard InChI is InChI=1S/C12H14FN3O3.C6H3F2NO2.C6H12N2O/c1-9(17)14-4-6-15(7-5-14)11-3-2-10(13)8-12(11)16(18)19;7-4-1-2-5(8)6(3-4)9(10)11;1-6(9)8-4-2-7-3-5-8/h2-3,8H,4-7H2,1H3;1-3H;7H,2-5H2,1H3. The van der Waals surface area contributed by atoms with E-state index in [0.29, 0.717) is 44.0 Å². The van der Waals surface area contributed by atoms with Crippen molar-refractivity contribution in [2.75, 3.05) is 57.3 Å². The van der Waals surface area contributed by atoms with Crippen LogP contribution in [-0.4, -0.2) is 83.8 Å². The Kier molecular flexibility index (Phi) is 11.6. The molecule has 0 saturated carbocycles. The van der Waals surface area contributed by atoms with Gasteiger partial charge in [-0.3, -0.25) is 29.8 Å². The molecule has 0 atom stereocenters. The first-order valence-electron chi connectivity index (χ1n) is 11.9. The predicted molar refractivity (Wildman–Crippen MR) is 136 cm³/mol. The first kappa shape index (κ1) is 31.0. The second-order valence-corrected chi connectivity index (χ2v) is 8.49. The highest BCUT2D eigenvalue weighted by atomic mass is 19.1. The lowest BCUT2D eigenvalue weighted by Crippen LogP contribution is -2.48. The Morgan fingerprint density at radius 1 is 0.744 bits per heavy atom. The molecule has 15 heteroatoms. The zero-order chi connectivity index (χ0) is 29.1. The Hall–Kier alpha value is -4.27. The van der Waals surface area contributed by atoms with Crippen LogP contribution in [0.4, 0.5) is 30.2 Å². The molecule has 0 unspecified atom stereocenters. The van der Waals surface area contributed by atoms with Crippen LogP contribution >= 0.6 is 0 Å². The van der Waals surface area contributed by atoms with Crippen molar-refractivity contribution in [2.45, 2.75) is 13.8 Å². The molecule has 39 heavy (non-hydrogen) atoms. The third-order valence-electron chi connectivity index (χ3n) is 5.87. The Morgan fingerprint density at radius 2 is 1.21 bits per heavy atom. The lowest BCUT2D eigenvalue weighted by molar-refractivity contribution is -0.387. The maximum absolute atomic E-state index is 13.1. The molecule has 2 aliphatic rings. The number of halogens is 3. The average molecular weight is 555 g/mol. The fraction of sp³-hybridized carbons (Fsp3) is 0.417. The summed E-state index contributed by atoms with van der Waals surface area (Å²) in [7, 11) is 0. The van der Waals surface area contributed by atoms with E-state index in [0.717, 1.165) is 38.3 Å². The summed E-state index contributed by atoms with van der Waals surface area (Å²) in [5.41, 5.74) is -0.684. The van der Waals surface area contributed by atoms with Gasteiger partial charge >= 0.3 is 5.69 Å². The number of nitrogens with one attached hydrogen (secondary N) is 1. The predicted octanol–water partition coefficient (Wildman–Crippen LogP) is 2.71. The summed E-state index contributed by atoms with van der Waals surface area (Å²) < 4.78 is 37.7. The number of benzene rings is 2. The normalized spacial score (nSPS) is 14.8. The highest BCUT2D eigenvalue weighted by Gasteiger charge is 2.25. The topological polar surface area (TPSA) is 142 Å². The minimum Gasteiger partial charge on any atom is -0.362 e. The van der Waals surface area contributed by atoms with Gasteiger partial charge < -0.3 is 20.0 Å². The molecule has 1 N–H and O–H groups in total. The van der Waals surface area contributed by atoms with Gasteiger partial charge in [-0.15, -0.1) is 0 Å². The molecule has 2 aromatic carbocycles. The first-order valence-corrected chi connectivity index (χ1v) is 11.9. The van der Waals surface area contributed by atoms with Crippen LogP contribution in [0.15, 0.2) is 36.4 Å². The summed E-state index contributed by atoms with van der Waals surface area (Å²) in [6.07, 6.45) is 0. The van der Waals surface area contributed by atoms with Crippen molar-refractivity contribution in [3.8, 4) is 0 Å². The fourth-order valence-corrected chi connectivity index (χ4v) is 3.78. The summed E-state index contributed by atoms with van der Waals surface area (Å²) in [4.78, 5) is 46.6. The van der Waals surface area contributed by atoms with Crippen molar-refractivity contribution in [3.05, 3.63) is 74.1 Å². The van der Waals surface area contributed by atoms with Gasteiger partial charge in [-0.2, -0.15) is 4.39 Å². The van der Waals surface area contributed by atoms with Crippen molar-refractivity contribution >= 4 is 28.9 Å². The molecule has 0 aromatic heterocycles. The third-order valence-corrected chi connectivity index (χ3v) is 5.87. The molecular weight excluding hydrogens is 525 g/mol. The van der Waals surface area contributed by atoms with Crippen LogP contribution in [0.25, 0.3) is 0 Å². The minimum atomic E-state index is -1.03. The van der Waals surface area contributed by atoms with Gasteiger partial charge in [-0.1, -0.05) is 0 Å². The van der Waals surface area contributed by atoms with E-state index in [-0.39, 0.29) is 17.5 Å². The van der Waals surface area contributed by atoms with Crippen molar-refractivity contribution in [1.29, 1.82) is 0 Å². The van der Waals surface area contributed by atoms with Gasteiger partial charge in [-0.25, -0.2) is 8.78 Å². The van der Waals surface area contributed by atoms with E-state index < -0.39 is 33.0 Å². The zero-order valence-electron chi connectivity index (χ0n) is 21.4. The minimum absolute atomic E-state index is 0.00624. The maximum Gasteiger partial charge on any atom is 0.307 e. The number of hydrogen-bond donors (Lipinski definition) is 1. The SMILES string of the molecule is CC(=O)N1CCN(c2ccc(F)cc2[N+](=O)[O-])CC1.CC(=O)N1CCNCC1.O=[N+]([O-])c1cc(F)ccc1F. The van der Waals surface area contributed by atoms with Gasteiger partial charge in [0.15, 0.2) is 0 Å². The molecule has 212 valence electrons. The fourth-order valence-electron chi connectivity index (χ4n) is 3.78. The van der Waals surface area contributed by atoms with E-state index in [2.05, 4.69) is 5.32 Å². The molecule has 2 heterocycles. The Morgan fingerprint density at radius 3 is 1.64 bits per heavy atom. The number of carbonyl (C=O) groups is 2. The number of hydrogen-bond acceptors (Lipinski definition) is 8. The van der Waals surface area contributed by atoms with E-state index in [1.165, 1.54) is 19.1 Å². The molecule has 2 aromatic rings. The third kappa shape index (κ3) is 9.52. The smallest absolute Gasteiger partial charge is 0.307 e. The molecule has 0 spiro atoms. The van der Waals surface area contributed by atoms with Crippen molar-refractivity contribution in [2.24, 2.45) is 0 Å². The van der Waals surface area contributed by atoms with E-state index in [4.69, 9.17) is 0 Å². The Labute approximate surface area is 222 Å². The molecule has 2 amide bonds. The zero-order valence-corrected chi connectivity index (χ0v) is 21.4. The first-order chi connectivity index (χ1) is 18.4. The van der Waals surface area contributed by atoms with E-state index in [9.17, 15) is 43.0 Å². The monoisotopic (exact) mass is 554 g/mol. The number of piperazine rings is 2. The van der Waals surface area contributed by atoms with Gasteiger partial charge in [0, 0.05) is 66.2 Å². The summed E-state index contributed by atoms with van der Waals surface area (Å²) in [6.45, 7) is 8.79. The van der Waals surface area contributed by atoms with Crippen molar-refractivity contribution < 1.29 is 32.6 Å². The van der Waals surface area contributed by atoms with Crippen LogP contribution < -0.4 is 10.2 Å². The second-order valence-electron chi connectivity index (χ2n) is 8.49. The Balaban J connectivity index is 0.000000226. The molecule has 0 radical (unpaired) electrons. The van der Waals surface area contributed by atoms with E-state index in [1.807, 2.05) is 4.90 Å². The van der Waals surface area contributed by atoms with Crippen LogP contribution in [0.2, 0.25) is 0 Å². The second kappa shape index (κ2) is 14.6. The molecule has 12 nitrogen and oxygen atoms in total. The van der Waals surface area contributed by atoms with Crippen LogP contribution in [0, 0.1) is 37.7 Å². The molecule has 2 aliphatic heterocycles. The van der Waals surface area contributed by atoms with Crippen LogP contribution in [-0.2, 0) is 9.59 Å². The van der Waals surface area contributed by atoms with Crippen LogP contribution in [0.3, 0.4) is 0 Å². The van der Waals surface area contributed by atoms with Gasteiger partial charge in [0.1, 0.15) is 17.3 Å². The summed E-state index contributed by atoms with van der Waals surface area (Å²) in [5.74, 6) is -2.29. The summed E-state index contributed by atoms with van der Waals surface area (Å²) in [5, 5.41) is 24.1. The average Bonchev–Trinajstić information content (AvgIpc) is 2.91. The summed E-state index contributed by atoms with van der Waals surface area (Å²) >= 11 is 0. The van der Waals surface area contributed by atoms with Gasteiger partial charge in [-0.05, 0) is 24.3 Å². The molecule has 0 bridgehead atoms. The lowest BCUT2D eigenvalue weighted by atomic mass is 10.2. The number of nitro groups is 2. The number of amides is 2. The maximum atomic E-state index is 13.1. The Bertz CT molecular complexity index is 1190. The lowest BCUT2D eigenvalue weighted by Gasteiger charge is -2.35. The number of anilines is 1. The quantitative estimate of drug-likeness (QED) is 0.451. The molecule has 2 saturated heterocycles. The summed E-state index contributed by atoms with van der Waals surface area (Å²) in [6, 6.07) is 5.62. The number of nitrogens with zero attached hydrogens (tertiary/aromatic N) is 5. The largest absolute Gasteiger partial charge is 0.362 e. The highest BCUT2D eigenvalue weighted by molar-refractivity contribution is 5.74. The number of rotatable bonds is 3. The molecule has 2 fully saturated rings. The van der Waals surface area contributed by atoms with Gasteiger partial charge in [0.25, 0.3) is 5.69 Å². The van der Waals surface area contributed by atoms with Gasteiger partial charge in [0.05, 0.1) is 22.0 Å². The highest BCUT2D eigenvalue weighted by Crippen LogP contribution is 2.29. The van der Waals surface area contributed by atoms with E-state index in [1.54, 1.807) is 16.7 Å². The molecule has 0 aliphatic carbocycles. The van der Waals surface area contributed by atoms with E-state index >= 15 is 0 Å².